The van der Waals surface area contributed by atoms with Crippen molar-refractivity contribution in [3.63, 3.8) is 0 Å². The van der Waals surface area contributed by atoms with E-state index in [4.69, 9.17) is 11.6 Å². The van der Waals surface area contributed by atoms with Crippen LogP contribution >= 0.6 is 11.6 Å². The molecular formula is C19H15ClFN3O2. The van der Waals surface area contributed by atoms with Crippen LogP contribution in [-0.4, -0.2) is 15.5 Å². The molecule has 132 valence electrons. The summed E-state index contributed by atoms with van der Waals surface area (Å²) in [6.07, 6.45) is 2.74. The van der Waals surface area contributed by atoms with E-state index >= 15 is 0 Å². The van der Waals surface area contributed by atoms with Crippen molar-refractivity contribution in [3.8, 4) is 0 Å². The Hall–Kier alpha value is -2.73. The van der Waals surface area contributed by atoms with Gasteiger partial charge in [-0.1, -0.05) is 11.6 Å². The number of anilines is 1. The molecule has 4 rings (SSSR count). The lowest BCUT2D eigenvalue weighted by Gasteiger charge is -2.17. The maximum absolute atomic E-state index is 13.2. The number of nitrogens with one attached hydrogen (secondary N) is 1. The van der Waals surface area contributed by atoms with Gasteiger partial charge >= 0.3 is 0 Å². The lowest BCUT2D eigenvalue weighted by molar-refractivity contribution is 0.102. The number of amides is 1. The van der Waals surface area contributed by atoms with Gasteiger partial charge in [-0.25, -0.2) is 9.37 Å². The van der Waals surface area contributed by atoms with E-state index in [1.165, 1.54) is 18.2 Å². The molecule has 0 aliphatic carbocycles. The van der Waals surface area contributed by atoms with E-state index in [1.807, 2.05) is 0 Å². The number of carbonyl (C=O) groups is 1. The lowest BCUT2D eigenvalue weighted by Crippen LogP contribution is -2.28. The maximum Gasteiger partial charge on any atom is 0.261 e. The minimum absolute atomic E-state index is 0.0670. The zero-order valence-electron chi connectivity index (χ0n) is 13.8. The summed E-state index contributed by atoms with van der Waals surface area (Å²) < 4.78 is 14.9. The molecule has 0 saturated carbocycles. The number of aromatic nitrogens is 2. The number of fused-ring (bicyclic) bond motifs is 2. The van der Waals surface area contributed by atoms with Crippen molar-refractivity contribution in [3.05, 3.63) is 69.0 Å². The largest absolute Gasteiger partial charge is 0.322 e. The third kappa shape index (κ3) is 2.97. The van der Waals surface area contributed by atoms with E-state index in [9.17, 15) is 14.0 Å². The van der Waals surface area contributed by atoms with Crippen molar-refractivity contribution in [2.45, 2.75) is 25.8 Å². The summed E-state index contributed by atoms with van der Waals surface area (Å²) in [5.74, 6) is -0.171. The van der Waals surface area contributed by atoms with Crippen molar-refractivity contribution < 1.29 is 9.18 Å². The Morgan fingerprint density at radius 2 is 2.04 bits per heavy atom. The summed E-state index contributed by atoms with van der Waals surface area (Å²) in [5, 5.41) is 3.10. The standard InChI is InChI=1S/C19H15ClFN3O2/c20-14-10-12(5-7-15(14)21)22-18(25)11-4-6-13-16(9-11)23-17-3-1-2-8-24(17)19(13)26/h4-7,9-10H,1-3,8H2,(H,22,25). The molecule has 0 spiro atoms. The fourth-order valence-corrected chi connectivity index (χ4v) is 3.34. The fourth-order valence-electron chi connectivity index (χ4n) is 3.16. The van der Waals surface area contributed by atoms with Gasteiger partial charge < -0.3 is 5.32 Å². The summed E-state index contributed by atoms with van der Waals surface area (Å²) in [5.41, 5.74) is 1.19. The van der Waals surface area contributed by atoms with Crippen LogP contribution in [0, 0.1) is 5.82 Å². The molecular weight excluding hydrogens is 357 g/mol. The van der Waals surface area contributed by atoms with Crippen molar-refractivity contribution in [1.82, 2.24) is 9.55 Å². The first kappa shape index (κ1) is 16.7. The average Bonchev–Trinajstić information content (AvgIpc) is 2.64. The van der Waals surface area contributed by atoms with Gasteiger partial charge in [0.05, 0.1) is 15.9 Å². The van der Waals surface area contributed by atoms with Crippen LogP contribution in [0.2, 0.25) is 5.02 Å². The molecule has 5 nitrogen and oxygen atoms in total. The van der Waals surface area contributed by atoms with Gasteiger partial charge in [0.1, 0.15) is 11.6 Å². The van der Waals surface area contributed by atoms with Gasteiger partial charge in [-0.3, -0.25) is 14.2 Å². The van der Waals surface area contributed by atoms with Gasteiger partial charge in [0, 0.05) is 24.2 Å². The number of halogens is 2. The van der Waals surface area contributed by atoms with Gasteiger partial charge in [-0.05, 0) is 49.2 Å². The summed E-state index contributed by atoms with van der Waals surface area (Å²) in [6.45, 7) is 0.685. The smallest absolute Gasteiger partial charge is 0.261 e. The Kier molecular flexibility index (Phi) is 4.20. The highest BCUT2D eigenvalue weighted by atomic mass is 35.5. The molecule has 1 aliphatic rings. The molecule has 0 bridgehead atoms. The number of nitrogens with zero attached hydrogens (tertiary/aromatic N) is 2. The number of rotatable bonds is 2. The van der Waals surface area contributed by atoms with E-state index in [0.29, 0.717) is 28.7 Å². The molecule has 2 aromatic carbocycles. The highest BCUT2D eigenvalue weighted by Crippen LogP contribution is 2.21. The molecule has 1 N–H and O–H groups in total. The first-order valence-corrected chi connectivity index (χ1v) is 8.70. The van der Waals surface area contributed by atoms with Gasteiger partial charge in [-0.2, -0.15) is 0 Å². The molecule has 0 atom stereocenters. The van der Waals surface area contributed by atoms with Crippen LogP contribution in [-0.2, 0) is 13.0 Å². The molecule has 26 heavy (non-hydrogen) atoms. The van der Waals surface area contributed by atoms with Crippen molar-refractivity contribution in [2.24, 2.45) is 0 Å². The van der Waals surface area contributed by atoms with E-state index in [2.05, 4.69) is 10.3 Å². The minimum Gasteiger partial charge on any atom is -0.322 e. The molecule has 2 heterocycles. The van der Waals surface area contributed by atoms with Crippen molar-refractivity contribution in [1.29, 1.82) is 0 Å². The van der Waals surface area contributed by atoms with Crippen LogP contribution in [0.15, 0.2) is 41.2 Å². The highest BCUT2D eigenvalue weighted by Gasteiger charge is 2.16. The van der Waals surface area contributed by atoms with Gasteiger partial charge in [0.25, 0.3) is 11.5 Å². The van der Waals surface area contributed by atoms with E-state index in [-0.39, 0.29) is 16.5 Å². The predicted molar refractivity (Wildman–Crippen MR) is 98.3 cm³/mol. The molecule has 0 radical (unpaired) electrons. The molecule has 1 aromatic heterocycles. The van der Waals surface area contributed by atoms with Gasteiger partial charge in [-0.15, -0.1) is 0 Å². The first-order valence-electron chi connectivity index (χ1n) is 8.33. The lowest BCUT2D eigenvalue weighted by atomic mass is 10.1. The third-order valence-electron chi connectivity index (χ3n) is 4.51. The summed E-state index contributed by atoms with van der Waals surface area (Å²) >= 11 is 5.73. The quantitative estimate of drug-likeness (QED) is 0.745. The second kappa shape index (κ2) is 6.53. The van der Waals surface area contributed by atoms with Crippen LogP contribution < -0.4 is 10.9 Å². The number of hydrogen-bond donors (Lipinski definition) is 1. The Morgan fingerprint density at radius 1 is 1.19 bits per heavy atom. The maximum atomic E-state index is 13.2. The number of hydrogen-bond acceptors (Lipinski definition) is 3. The topological polar surface area (TPSA) is 64.0 Å². The van der Waals surface area contributed by atoms with E-state index in [0.717, 1.165) is 25.1 Å². The summed E-state index contributed by atoms with van der Waals surface area (Å²) in [4.78, 5) is 29.6. The van der Waals surface area contributed by atoms with Crippen molar-refractivity contribution in [2.75, 3.05) is 5.32 Å². The van der Waals surface area contributed by atoms with Crippen LogP contribution in [0.5, 0.6) is 0 Å². The van der Waals surface area contributed by atoms with E-state index < -0.39 is 5.82 Å². The molecule has 0 saturated heterocycles. The first-order chi connectivity index (χ1) is 12.5. The fraction of sp³-hybridized carbons (Fsp3) is 0.211. The second-order valence-corrected chi connectivity index (χ2v) is 6.66. The normalized spacial score (nSPS) is 13.5. The monoisotopic (exact) mass is 371 g/mol. The number of benzene rings is 2. The Morgan fingerprint density at radius 3 is 2.85 bits per heavy atom. The molecule has 3 aromatic rings. The molecule has 0 fully saturated rings. The zero-order chi connectivity index (χ0) is 18.3. The van der Waals surface area contributed by atoms with Gasteiger partial charge in [0.15, 0.2) is 0 Å². The van der Waals surface area contributed by atoms with Crippen molar-refractivity contribution >= 4 is 34.1 Å². The van der Waals surface area contributed by atoms with E-state index in [1.54, 1.807) is 22.8 Å². The molecule has 0 unspecified atom stereocenters. The number of carbonyl (C=O) groups excluding carboxylic acids is 1. The Labute approximate surface area is 153 Å². The second-order valence-electron chi connectivity index (χ2n) is 6.26. The van der Waals surface area contributed by atoms with Crippen LogP contribution in [0.1, 0.15) is 29.0 Å². The van der Waals surface area contributed by atoms with Gasteiger partial charge in [0.2, 0.25) is 0 Å². The molecule has 7 heteroatoms. The minimum atomic E-state index is -0.551. The Balaban J connectivity index is 1.69. The molecule has 1 amide bonds. The SMILES string of the molecule is O=C(Nc1ccc(F)c(Cl)c1)c1ccc2c(=O)n3c(nc2c1)CCCC3. The summed E-state index contributed by atoms with van der Waals surface area (Å²) in [6, 6.07) is 8.78. The molecule has 1 aliphatic heterocycles. The van der Waals surface area contributed by atoms with Crippen LogP contribution in [0.3, 0.4) is 0 Å². The van der Waals surface area contributed by atoms with Crippen LogP contribution in [0.4, 0.5) is 10.1 Å². The third-order valence-corrected chi connectivity index (χ3v) is 4.80. The highest BCUT2D eigenvalue weighted by molar-refractivity contribution is 6.31. The average molecular weight is 372 g/mol. The Bertz CT molecular complexity index is 1090. The zero-order valence-corrected chi connectivity index (χ0v) is 14.5. The number of aryl methyl sites for hydroxylation is 1. The predicted octanol–water partition coefficient (Wildman–Crippen LogP) is 3.78. The van der Waals surface area contributed by atoms with Crippen LogP contribution in [0.25, 0.3) is 10.9 Å². The summed E-state index contributed by atoms with van der Waals surface area (Å²) in [7, 11) is 0.